The molecular formula is C14H30O4SSi. The minimum Gasteiger partial charge on any atom is -0.374 e. The predicted molar refractivity (Wildman–Crippen MR) is 87.0 cm³/mol. The van der Waals surface area contributed by atoms with Crippen molar-refractivity contribution < 1.29 is 18.1 Å². The first kappa shape index (κ1) is 20.1. The van der Waals surface area contributed by atoms with Crippen LogP contribution < -0.4 is 0 Å². The summed E-state index contributed by atoms with van der Waals surface area (Å²) in [5, 5.41) is 0.275. The van der Waals surface area contributed by atoms with Gasteiger partial charge in [-0.05, 0) is 33.1 Å². The molecule has 0 radical (unpaired) electrons. The van der Waals surface area contributed by atoms with Crippen LogP contribution in [0.4, 0.5) is 0 Å². The number of carbonyl (C=O) groups is 1. The molecule has 0 spiro atoms. The number of carbonyl (C=O) groups excluding carboxylic acids is 1. The van der Waals surface area contributed by atoms with Crippen LogP contribution in [0.1, 0.15) is 47.5 Å². The number of rotatable bonds is 12. The van der Waals surface area contributed by atoms with Crippen molar-refractivity contribution in [2.45, 2.75) is 53.5 Å². The van der Waals surface area contributed by atoms with Gasteiger partial charge < -0.3 is 13.3 Å². The molecule has 0 rings (SSSR count). The summed E-state index contributed by atoms with van der Waals surface area (Å²) in [4.78, 5) is 11.6. The van der Waals surface area contributed by atoms with Crippen LogP contribution in [-0.4, -0.2) is 39.5 Å². The summed E-state index contributed by atoms with van der Waals surface area (Å²) in [6.45, 7) is 11.8. The van der Waals surface area contributed by atoms with Crippen LogP contribution >= 0.6 is 11.8 Å². The lowest BCUT2D eigenvalue weighted by molar-refractivity contribution is -0.111. The molecule has 0 aromatic rings. The fraction of sp³-hybridized carbons (Fsp3) is 0.929. The third-order valence-corrected chi connectivity index (χ3v) is 6.69. The average Bonchev–Trinajstić information content (AvgIpc) is 2.35. The van der Waals surface area contributed by atoms with Crippen LogP contribution in [0, 0.1) is 5.92 Å². The minimum atomic E-state index is -2.52. The van der Waals surface area contributed by atoms with Gasteiger partial charge in [0.15, 0.2) is 5.12 Å². The van der Waals surface area contributed by atoms with E-state index in [9.17, 15) is 4.79 Å². The Morgan fingerprint density at radius 1 is 1.05 bits per heavy atom. The van der Waals surface area contributed by atoms with Gasteiger partial charge in [-0.3, -0.25) is 4.79 Å². The number of hydrogen-bond acceptors (Lipinski definition) is 5. The Morgan fingerprint density at radius 3 is 1.95 bits per heavy atom. The monoisotopic (exact) mass is 322 g/mol. The Bertz CT molecular complexity index is 245. The summed E-state index contributed by atoms with van der Waals surface area (Å²) >= 11 is 1.42. The van der Waals surface area contributed by atoms with E-state index in [4.69, 9.17) is 13.3 Å². The van der Waals surface area contributed by atoms with Gasteiger partial charge in [0.2, 0.25) is 0 Å². The molecule has 0 saturated carbocycles. The van der Waals surface area contributed by atoms with Crippen LogP contribution in [0.5, 0.6) is 0 Å². The number of hydrogen-bond donors (Lipinski definition) is 0. The lowest BCUT2D eigenvalue weighted by atomic mass is 10.2. The highest BCUT2D eigenvalue weighted by Crippen LogP contribution is 2.21. The molecule has 0 saturated heterocycles. The molecule has 0 aliphatic rings. The lowest BCUT2D eigenvalue weighted by Gasteiger charge is -2.28. The molecule has 0 aliphatic heterocycles. The van der Waals surface area contributed by atoms with Crippen LogP contribution in [0.25, 0.3) is 0 Å². The molecular weight excluding hydrogens is 292 g/mol. The second-order valence-corrected chi connectivity index (χ2v) is 8.79. The van der Waals surface area contributed by atoms with Gasteiger partial charge in [0.25, 0.3) is 0 Å². The van der Waals surface area contributed by atoms with Crippen molar-refractivity contribution in [3.63, 3.8) is 0 Å². The van der Waals surface area contributed by atoms with Crippen molar-refractivity contribution in [2.24, 2.45) is 5.92 Å². The molecule has 0 fully saturated rings. The third-order valence-electron chi connectivity index (χ3n) is 2.56. The minimum absolute atomic E-state index is 0.275. The zero-order chi connectivity index (χ0) is 15.4. The van der Waals surface area contributed by atoms with Crippen molar-refractivity contribution in [1.29, 1.82) is 0 Å². The predicted octanol–water partition coefficient (Wildman–Crippen LogP) is 3.73. The maximum Gasteiger partial charge on any atom is 0.500 e. The zero-order valence-electron chi connectivity index (χ0n) is 13.6. The highest BCUT2D eigenvalue weighted by molar-refractivity contribution is 8.13. The van der Waals surface area contributed by atoms with E-state index in [1.807, 2.05) is 20.8 Å². The molecule has 0 heterocycles. The van der Waals surface area contributed by atoms with Gasteiger partial charge in [-0.1, -0.05) is 25.6 Å². The Morgan fingerprint density at radius 2 is 1.55 bits per heavy atom. The molecule has 0 N–H and O–H groups in total. The van der Waals surface area contributed by atoms with Gasteiger partial charge in [0.1, 0.15) is 0 Å². The van der Waals surface area contributed by atoms with Crippen molar-refractivity contribution in [3.05, 3.63) is 0 Å². The Hall–Kier alpha value is 0.117. The van der Waals surface area contributed by atoms with E-state index in [2.05, 4.69) is 13.8 Å². The highest BCUT2D eigenvalue weighted by Gasteiger charge is 2.39. The van der Waals surface area contributed by atoms with Gasteiger partial charge in [-0.15, -0.1) is 0 Å². The third kappa shape index (κ3) is 9.13. The fourth-order valence-electron chi connectivity index (χ4n) is 1.87. The first-order chi connectivity index (χ1) is 9.49. The van der Waals surface area contributed by atoms with E-state index in [1.54, 1.807) is 0 Å². The molecule has 20 heavy (non-hydrogen) atoms. The topological polar surface area (TPSA) is 44.8 Å². The summed E-state index contributed by atoms with van der Waals surface area (Å²) in [5.74, 6) is 1.24. The molecule has 0 bridgehead atoms. The summed E-state index contributed by atoms with van der Waals surface area (Å²) < 4.78 is 17.3. The second kappa shape index (κ2) is 11.7. The van der Waals surface area contributed by atoms with Crippen LogP contribution in [0.2, 0.25) is 6.04 Å². The molecule has 0 unspecified atom stereocenters. The molecule has 0 atom stereocenters. The van der Waals surface area contributed by atoms with Gasteiger partial charge >= 0.3 is 8.80 Å². The van der Waals surface area contributed by atoms with Crippen molar-refractivity contribution in [1.82, 2.24) is 0 Å². The van der Waals surface area contributed by atoms with Crippen LogP contribution in [0.3, 0.4) is 0 Å². The largest absolute Gasteiger partial charge is 0.500 e. The Kier molecular flexibility index (Phi) is 11.8. The Labute approximate surface area is 129 Å². The first-order valence-electron chi connectivity index (χ1n) is 7.57. The van der Waals surface area contributed by atoms with Gasteiger partial charge in [-0.25, -0.2) is 0 Å². The maximum absolute atomic E-state index is 11.6. The van der Waals surface area contributed by atoms with E-state index in [0.717, 1.165) is 18.2 Å². The summed E-state index contributed by atoms with van der Waals surface area (Å²) in [6, 6.07) is 0.782. The number of thioether (sulfide) groups is 1. The quantitative estimate of drug-likeness (QED) is 0.405. The molecule has 0 aliphatic carbocycles. The van der Waals surface area contributed by atoms with Gasteiger partial charge in [0.05, 0.1) is 0 Å². The highest BCUT2D eigenvalue weighted by atomic mass is 32.2. The molecule has 0 aromatic carbocycles. The summed E-state index contributed by atoms with van der Waals surface area (Å²) in [7, 11) is -2.52. The SMILES string of the molecule is CCO[Si](CCCSC(=O)CC(C)C)(OCC)OCC. The summed E-state index contributed by atoms with van der Waals surface area (Å²) in [5.41, 5.74) is 0. The van der Waals surface area contributed by atoms with Crippen LogP contribution in [0.15, 0.2) is 0 Å². The van der Waals surface area contributed by atoms with Gasteiger partial charge in [0, 0.05) is 38.0 Å². The second-order valence-electron chi connectivity index (χ2n) is 4.90. The normalized spacial score (nSPS) is 12.1. The molecule has 0 aromatic heterocycles. The Balaban J connectivity index is 4.15. The van der Waals surface area contributed by atoms with Crippen molar-refractivity contribution in [3.8, 4) is 0 Å². The van der Waals surface area contributed by atoms with Crippen molar-refractivity contribution in [2.75, 3.05) is 25.6 Å². The van der Waals surface area contributed by atoms with Gasteiger partial charge in [-0.2, -0.15) is 0 Å². The molecule has 6 heteroatoms. The van der Waals surface area contributed by atoms with Crippen molar-refractivity contribution >= 4 is 25.7 Å². The molecule has 0 amide bonds. The first-order valence-corrected chi connectivity index (χ1v) is 10.5. The van der Waals surface area contributed by atoms with E-state index >= 15 is 0 Å². The zero-order valence-corrected chi connectivity index (χ0v) is 15.4. The van der Waals surface area contributed by atoms with E-state index < -0.39 is 8.80 Å². The van der Waals surface area contributed by atoms with E-state index in [0.29, 0.717) is 32.2 Å². The van der Waals surface area contributed by atoms with Crippen LogP contribution in [-0.2, 0) is 18.1 Å². The van der Waals surface area contributed by atoms with E-state index in [-0.39, 0.29) is 5.12 Å². The smallest absolute Gasteiger partial charge is 0.374 e. The average molecular weight is 323 g/mol. The maximum atomic E-state index is 11.6. The molecule has 4 nitrogen and oxygen atoms in total. The molecule has 120 valence electrons. The lowest BCUT2D eigenvalue weighted by Crippen LogP contribution is -2.46. The fourth-order valence-corrected chi connectivity index (χ4v) is 5.70. The standard InChI is InChI=1S/C14H30O4SSi/c1-6-16-20(17-7-2,18-8-3)11-9-10-19-14(15)12-13(4)5/h13H,6-12H2,1-5H3. The van der Waals surface area contributed by atoms with E-state index in [1.165, 1.54) is 11.8 Å². The summed E-state index contributed by atoms with van der Waals surface area (Å²) in [6.07, 6.45) is 1.54.